The van der Waals surface area contributed by atoms with Crippen molar-refractivity contribution in [2.45, 2.75) is 44.3 Å². The smallest absolute Gasteiger partial charge is 0.343 e. The summed E-state index contributed by atoms with van der Waals surface area (Å²) in [4.78, 5) is 12.9. The van der Waals surface area contributed by atoms with Crippen LogP contribution in [0.3, 0.4) is 0 Å². The third kappa shape index (κ3) is 5.51. The summed E-state index contributed by atoms with van der Waals surface area (Å²) >= 11 is 1.85. The molecule has 3 heterocycles. The van der Waals surface area contributed by atoms with Crippen LogP contribution in [0.5, 0.6) is 0 Å². The first-order chi connectivity index (χ1) is 18.1. The molecule has 38 heavy (non-hydrogen) atoms. The fourth-order valence-electron chi connectivity index (χ4n) is 5.15. The van der Waals surface area contributed by atoms with Gasteiger partial charge in [-0.3, -0.25) is 4.55 Å². The van der Waals surface area contributed by atoms with E-state index < -0.39 is 15.7 Å². The largest absolute Gasteiger partial charge is 0.422 e. The number of nitrogens with zero attached hydrogens (tertiary/aromatic N) is 1. The normalized spacial score (nSPS) is 16.6. The molecule has 2 aromatic carbocycles. The molecule has 6 nitrogen and oxygen atoms in total. The third-order valence-electron chi connectivity index (χ3n) is 7.09. The maximum atomic E-state index is 12.9. The molecule has 2 aliphatic rings. The second kappa shape index (κ2) is 10.6. The first-order valence-corrected chi connectivity index (χ1v) is 15.4. The van der Waals surface area contributed by atoms with Crippen LogP contribution in [0.2, 0.25) is 0 Å². The molecule has 8 heteroatoms. The fraction of sp³-hybridized carbons (Fsp3) is 0.333. The zero-order chi connectivity index (χ0) is 26.9. The van der Waals surface area contributed by atoms with Gasteiger partial charge in [0, 0.05) is 53.0 Å². The topological polar surface area (TPSA) is 87.6 Å². The van der Waals surface area contributed by atoms with Crippen LogP contribution in [0.25, 0.3) is 17.0 Å². The minimum atomic E-state index is -3.99. The van der Waals surface area contributed by atoms with Crippen molar-refractivity contribution in [1.82, 2.24) is 0 Å². The van der Waals surface area contributed by atoms with E-state index in [0.29, 0.717) is 30.5 Å². The maximum Gasteiger partial charge on any atom is 0.343 e. The number of fused-ring (bicyclic) bond motifs is 3. The van der Waals surface area contributed by atoms with Crippen LogP contribution < -0.4 is 5.63 Å². The third-order valence-corrected chi connectivity index (χ3v) is 8.90. The fourth-order valence-corrected chi connectivity index (χ4v) is 6.57. The molecule has 0 spiro atoms. The second-order valence-corrected chi connectivity index (χ2v) is 12.8. The van der Waals surface area contributed by atoms with Gasteiger partial charge in [-0.2, -0.15) is 24.8 Å². The number of unbranched alkanes of at least 4 members (excludes halogenated alkanes) is 1. The number of hydrogen-bond donors (Lipinski definition) is 1. The molecule has 0 bridgehead atoms. The molecule has 0 atom stereocenters. The van der Waals surface area contributed by atoms with Crippen molar-refractivity contribution in [1.29, 1.82) is 0 Å². The summed E-state index contributed by atoms with van der Waals surface area (Å²) in [6, 6.07) is 14.0. The molecule has 5 rings (SSSR count). The molecular formula is C30H30NO5S2+. The minimum Gasteiger partial charge on any atom is -0.422 e. The predicted octanol–water partition coefficient (Wildman–Crippen LogP) is 5.54. The van der Waals surface area contributed by atoms with Crippen molar-refractivity contribution >= 4 is 50.3 Å². The van der Waals surface area contributed by atoms with Gasteiger partial charge in [0.1, 0.15) is 12.1 Å². The molecule has 0 aliphatic carbocycles. The number of rotatable bonds is 7. The number of allylic oxidation sites excluding steroid dienone is 1. The van der Waals surface area contributed by atoms with Crippen LogP contribution in [-0.2, 0) is 21.3 Å². The molecule has 0 saturated heterocycles. The van der Waals surface area contributed by atoms with Gasteiger partial charge in [-0.1, -0.05) is 30.0 Å². The molecule has 0 fully saturated rings. The van der Waals surface area contributed by atoms with E-state index in [0.717, 1.165) is 51.4 Å². The van der Waals surface area contributed by atoms with E-state index in [4.69, 9.17) is 8.97 Å². The SMILES string of the molecule is CC1(C)C(C=Cc2cc3cc4c(cc3oc2=O)C#CCCSC4)=[N+](CCCCS(=O)(=O)O)c2ccccc21. The molecule has 0 saturated carbocycles. The zero-order valence-corrected chi connectivity index (χ0v) is 23.1. The van der Waals surface area contributed by atoms with E-state index in [1.165, 1.54) is 0 Å². The van der Waals surface area contributed by atoms with Crippen LogP contribution in [-0.4, -0.2) is 41.3 Å². The van der Waals surface area contributed by atoms with Crippen molar-refractivity contribution in [3.05, 3.63) is 81.2 Å². The predicted molar refractivity (Wildman–Crippen MR) is 154 cm³/mol. The first kappa shape index (κ1) is 26.5. The van der Waals surface area contributed by atoms with Gasteiger partial charge in [0.25, 0.3) is 10.1 Å². The highest BCUT2D eigenvalue weighted by atomic mass is 32.2. The van der Waals surface area contributed by atoms with E-state index >= 15 is 0 Å². The van der Waals surface area contributed by atoms with Crippen molar-refractivity contribution in [3.63, 3.8) is 0 Å². The summed E-state index contributed by atoms with van der Waals surface area (Å²) in [7, 11) is -3.99. The first-order valence-electron chi connectivity index (χ1n) is 12.7. The summed E-state index contributed by atoms with van der Waals surface area (Å²) in [6.45, 7) is 4.87. The summed E-state index contributed by atoms with van der Waals surface area (Å²) < 4.78 is 39.3. The highest BCUT2D eigenvalue weighted by Crippen LogP contribution is 2.40. The van der Waals surface area contributed by atoms with E-state index in [9.17, 15) is 13.2 Å². The molecule has 3 aromatic rings. The molecule has 196 valence electrons. The van der Waals surface area contributed by atoms with Gasteiger partial charge in [-0.25, -0.2) is 4.79 Å². The Hall–Kier alpha value is -3.12. The lowest BCUT2D eigenvalue weighted by Gasteiger charge is -2.15. The molecule has 1 N–H and O–H groups in total. The van der Waals surface area contributed by atoms with E-state index in [1.54, 1.807) is 0 Å². The van der Waals surface area contributed by atoms with E-state index in [-0.39, 0.29) is 11.2 Å². The van der Waals surface area contributed by atoms with Gasteiger partial charge in [0.2, 0.25) is 5.69 Å². The molecule has 0 unspecified atom stereocenters. The van der Waals surface area contributed by atoms with Gasteiger partial charge < -0.3 is 4.42 Å². The van der Waals surface area contributed by atoms with Gasteiger partial charge in [-0.15, -0.1) is 0 Å². The maximum absolute atomic E-state index is 12.9. The number of hydrogen-bond acceptors (Lipinski definition) is 5. The Labute approximate surface area is 227 Å². The number of thioether (sulfide) groups is 1. The Morgan fingerprint density at radius 1 is 1.16 bits per heavy atom. The molecule has 0 radical (unpaired) electrons. The Kier molecular flexibility index (Phi) is 7.36. The monoisotopic (exact) mass is 548 g/mol. The molecule has 0 amide bonds. The lowest BCUT2D eigenvalue weighted by atomic mass is 9.81. The van der Waals surface area contributed by atoms with Crippen molar-refractivity contribution < 1.29 is 22.0 Å². The van der Waals surface area contributed by atoms with Crippen LogP contribution in [0, 0.1) is 11.8 Å². The van der Waals surface area contributed by atoms with Crippen molar-refractivity contribution in [2.75, 3.05) is 18.1 Å². The molecular weight excluding hydrogens is 518 g/mol. The number of benzene rings is 2. The lowest BCUT2D eigenvalue weighted by Crippen LogP contribution is -2.28. The minimum absolute atomic E-state index is 0.261. The molecule has 1 aromatic heterocycles. The highest BCUT2D eigenvalue weighted by Gasteiger charge is 2.43. The van der Waals surface area contributed by atoms with Crippen molar-refractivity contribution in [3.8, 4) is 11.8 Å². The van der Waals surface area contributed by atoms with Gasteiger partial charge in [0.15, 0.2) is 5.71 Å². The average molecular weight is 549 g/mol. The standard InChI is InChI=1S/C30H29NO5S2/c1-30(2)25-10-3-4-11-26(25)31(14-6-8-16-38(33,34)35)28(30)13-12-22-17-23-18-24-20-37-15-7-5-9-21(24)19-27(23)36-29(22)32/h3-4,10-13,17-19H,6-8,14-16,20H2,1-2H3/p+1. The lowest BCUT2D eigenvalue weighted by molar-refractivity contribution is -0.438. The summed E-state index contributed by atoms with van der Waals surface area (Å²) in [5.41, 5.74) is 5.58. The highest BCUT2D eigenvalue weighted by molar-refractivity contribution is 7.98. The van der Waals surface area contributed by atoms with Gasteiger partial charge in [-0.05, 0) is 50.1 Å². The van der Waals surface area contributed by atoms with Crippen LogP contribution in [0.1, 0.15) is 55.4 Å². The number of para-hydroxylation sites is 1. The summed E-state index contributed by atoms with van der Waals surface area (Å²) in [6.07, 6.45) is 5.58. The zero-order valence-electron chi connectivity index (χ0n) is 21.5. The Balaban J connectivity index is 1.51. The second-order valence-electron chi connectivity index (χ2n) is 10.1. The Morgan fingerprint density at radius 2 is 1.97 bits per heavy atom. The summed E-state index contributed by atoms with van der Waals surface area (Å²) in [5.74, 6) is 8.01. The molecule has 2 aliphatic heterocycles. The van der Waals surface area contributed by atoms with Gasteiger partial charge >= 0.3 is 5.63 Å². The van der Waals surface area contributed by atoms with Crippen LogP contribution >= 0.6 is 11.8 Å². The summed E-state index contributed by atoms with van der Waals surface area (Å²) in [5, 5.41) is 0.868. The Bertz CT molecular complexity index is 1700. The van der Waals surface area contributed by atoms with E-state index in [2.05, 4.69) is 48.5 Å². The average Bonchev–Trinajstić information content (AvgIpc) is 3.06. The Morgan fingerprint density at radius 3 is 2.79 bits per heavy atom. The van der Waals surface area contributed by atoms with Crippen LogP contribution in [0.4, 0.5) is 5.69 Å². The van der Waals surface area contributed by atoms with Crippen molar-refractivity contribution in [2.24, 2.45) is 0 Å². The quantitative estimate of drug-likeness (QED) is 0.137. The van der Waals surface area contributed by atoms with Gasteiger partial charge in [0.05, 0.1) is 16.7 Å². The van der Waals surface area contributed by atoms with Crippen LogP contribution in [0.15, 0.2) is 57.8 Å². The van der Waals surface area contributed by atoms with E-state index in [1.807, 2.05) is 48.2 Å².